The Bertz CT molecular complexity index is 594. The third kappa shape index (κ3) is 5.48. The van der Waals surface area contributed by atoms with E-state index in [4.69, 9.17) is 5.11 Å². The monoisotopic (exact) mass is 286 g/mol. The number of carbonyl (C=O) groups is 2. The molecule has 0 aromatic heterocycles. The van der Waals surface area contributed by atoms with Crippen molar-refractivity contribution >= 4 is 18.0 Å². The summed E-state index contributed by atoms with van der Waals surface area (Å²) < 4.78 is 0. The topological polar surface area (TPSA) is 74.6 Å². The molecular formula is C17H18O4. The Morgan fingerprint density at radius 2 is 1.71 bits per heavy atom. The van der Waals surface area contributed by atoms with Gasteiger partial charge >= 0.3 is 11.9 Å². The van der Waals surface area contributed by atoms with Crippen LogP contribution in [0.25, 0.3) is 6.08 Å². The van der Waals surface area contributed by atoms with E-state index in [0.29, 0.717) is 0 Å². The summed E-state index contributed by atoms with van der Waals surface area (Å²) in [5, 5.41) is 18.0. The molecule has 0 aliphatic heterocycles. The largest absolute Gasteiger partial charge is 0.478 e. The number of hydrogen-bond donors (Lipinski definition) is 2. The maximum absolute atomic E-state index is 11.3. The average molecular weight is 286 g/mol. The van der Waals surface area contributed by atoms with Crippen molar-refractivity contribution in [2.45, 2.75) is 13.8 Å². The van der Waals surface area contributed by atoms with Crippen molar-refractivity contribution in [3.8, 4) is 0 Å². The third-order valence-corrected chi connectivity index (χ3v) is 2.94. The first-order valence-corrected chi connectivity index (χ1v) is 6.50. The molecule has 21 heavy (non-hydrogen) atoms. The molecule has 1 unspecified atom stereocenters. The molecule has 1 aromatic carbocycles. The zero-order chi connectivity index (χ0) is 15.8. The van der Waals surface area contributed by atoms with Gasteiger partial charge in [0.1, 0.15) is 0 Å². The maximum Gasteiger partial charge on any atom is 0.332 e. The highest BCUT2D eigenvalue weighted by atomic mass is 16.4. The molecule has 0 saturated heterocycles. The standard InChI is InChI=1S/C17H18O4/c1-12(11-13(2)16(18)19)15(17(20)21)10-6-9-14-7-4-3-5-8-14/h3-12H,1-2H3,(H,18,19)(H,20,21). The Morgan fingerprint density at radius 1 is 1.10 bits per heavy atom. The summed E-state index contributed by atoms with van der Waals surface area (Å²) in [6, 6.07) is 9.49. The van der Waals surface area contributed by atoms with Crippen molar-refractivity contribution in [1.29, 1.82) is 0 Å². The molecule has 1 aromatic rings. The van der Waals surface area contributed by atoms with Gasteiger partial charge in [0, 0.05) is 17.1 Å². The van der Waals surface area contributed by atoms with E-state index in [0.717, 1.165) is 5.56 Å². The van der Waals surface area contributed by atoms with Crippen LogP contribution in [0.5, 0.6) is 0 Å². The van der Waals surface area contributed by atoms with E-state index in [9.17, 15) is 14.7 Å². The lowest BCUT2D eigenvalue weighted by atomic mass is 9.98. The van der Waals surface area contributed by atoms with Crippen molar-refractivity contribution < 1.29 is 19.8 Å². The highest BCUT2D eigenvalue weighted by Gasteiger charge is 2.14. The van der Waals surface area contributed by atoms with Crippen LogP contribution in [0.4, 0.5) is 0 Å². The van der Waals surface area contributed by atoms with E-state index in [1.807, 2.05) is 30.3 Å². The van der Waals surface area contributed by atoms with Gasteiger partial charge in [0.05, 0.1) is 0 Å². The van der Waals surface area contributed by atoms with Gasteiger partial charge in [0.2, 0.25) is 0 Å². The molecule has 0 heterocycles. The van der Waals surface area contributed by atoms with Gasteiger partial charge in [-0.1, -0.05) is 61.6 Å². The van der Waals surface area contributed by atoms with Crippen LogP contribution >= 0.6 is 0 Å². The number of benzene rings is 1. The van der Waals surface area contributed by atoms with Crippen LogP contribution in [0.3, 0.4) is 0 Å². The smallest absolute Gasteiger partial charge is 0.332 e. The number of aliphatic carboxylic acids is 2. The van der Waals surface area contributed by atoms with Gasteiger partial charge in [0.15, 0.2) is 0 Å². The van der Waals surface area contributed by atoms with Crippen molar-refractivity contribution in [3.63, 3.8) is 0 Å². The van der Waals surface area contributed by atoms with Crippen LogP contribution in [-0.4, -0.2) is 22.2 Å². The molecule has 0 amide bonds. The highest BCUT2D eigenvalue weighted by Crippen LogP contribution is 2.15. The SMILES string of the molecule is CC(=CC(C)C(=CC=Cc1ccccc1)C(=O)O)C(=O)O. The van der Waals surface area contributed by atoms with E-state index in [1.54, 1.807) is 19.1 Å². The van der Waals surface area contributed by atoms with Crippen LogP contribution in [-0.2, 0) is 9.59 Å². The maximum atomic E-state index is 11.3. The number of carboxylic acid groups (broad SMARTS) is 2. The molecule has 0 bridgehead atoms. The molecule has 1 rings (SSSR count). The fraction of sp³-hybridized carbons (Fsp3) is 0.176. The van der Waals surface area contributed by atoms with Crippen LogP contribution < -0.4 is 0 Å². The third-order valence-electron chi connectivity index (χ3n) is 2.94. The quantitative estimate of drug-likeness (QED) is 0.621. The minimum Gasteiger partial charge on any atom is -0.478 e. The zero-order valence-electron chi connectivity index (χ0n) is 12.0. The van der Waals surface area contributed by atoms with Crippen molar-refractivity contribution in [2.24, 2.45) is 5.92 Å². The minimum atomic E-state index is -1.06. The van der Waals surface area contributed by atoms with Gasteiger partial charge < -0.3 is 10.2 Å². The van der Waals surface area contributed by atoms with E-state index < -0.39 is 17.9 Å². The van der Waals surface area contributed by atoms with Crippen LogP contribution in [0.2, 0.25) is 0 Å². The lowest BCUT2D eigenvalue weighted by Gasteiger charge is -2.07. The van der Waals surface area contributed by atoms with Gasteiger partial charge in [-0.05, 0) is 12.5 Å². The van der Waals surface area contributed by atoms with Crippen LogP contribution in [0.1, 0.15) is 19.4 Å². The zero-order valence-corrected chi connectivity index (χ0v) is 12.0. The second kappa shape index (κ2) is 7.85. The summed E-state index contributed by atoms with van der Waals surface area (Å²) in [7, 11) is 0. The molecule has 0 aliphatic carbocycles. The fourth-order valence-electron chi connectivity index (χ4n) is 1.78. The summed E-state index contributed by atoms with van der Waals surface area (Å²) in [6.07, 6.45) is 6.37. The first-order valence-electron chi connectivity index (χ1n) is 6.50. The molecule has 0 saturated carbocycles. The summed E-state index contributed by atoms with van der Waals surface area (Å²) in [5.41, 5.74) is 1.23. The number of carboxylic acids is 2. The lowest BCUT2D eigenvalue weighted by molar-refractivity contribution is -0.134. The van der Waals surface area contributed by atoms with Gasteiger partial charge in [-0.2, -0.15) is 0 Å². The summed E-state index contributed by atoms with van der Waals surface area (Å²) in [5.74, 6) is -2.60. The molecular weight excluding hydrogens is 268 g/mol. The van der Waals surface area contributed by atoms with Gasteiger partial charge in [-0.15, -0.1) is 0 Å². The van der Waals surface area contributed by atoms with Crippen LogP contribution in [0.15, 0.2) is 59.7 Å². The Morgan fingerprint density at radius 3 is 2.24 bits per heavy atom. The first-order chi connectivity index (χ1) is 9.91. The molecule has 0 radical (unpaired) electrons. The normalized spacial score (nSPS) is 14.2. The summed E-state index contributed by atoms with van der Waals surface area (Å²) >= 11 is 0. The van der Waals surface area contributed by atoms with Crippen molar-refractivity contribution in [2.75, 3.05) is 0 Å². The predicted molar refractivity (Wildman–Crippen MR) is 81.8 cm³/mol. The second-order valence-electron chi connectivity index (χ2n) is 4.64. The number of rotatable bonds is 6. The van der Waals surface area contributed by atoms with E-state index in [-0.39, 0.29) is 11.1 Å². The molecule has 110 valence electrons. The second-order valence-corrected chi connectivity index (χ2v) is 4.64. The number of allylic oxidation sites excluding steroid dienone is 3. The van der Waals surface area contributed by atoms with Gasteiger partial charge in [0.25, 0.3) is 0 Å². The van der Waals surface area contributed by atoms with E-state index in [2.05, 4.69) is 0 Å². The minimum absolute atomic E-state index is 0.127. The fourth-order valence-corrected chi connectivity index (χ4v) is 1.78. The first kappa shape index (κ1) is 16.4. The van der Waals surface area contributed by atoms with Gasteiger partial charge in [-0.25, -0.2) is 9.59 Å². The molecule has 2 N–H and O–H groups in total. The number of hydrogen-bond acceptors (Lipinski definition) is 2. The van der Waals surface area contributed by atoms with Gasteiger partial charge in [-0.3, -0.25) is 0 Å². The predicted octanol–water partition coefficient (Wildman–Crippen LogP) is 3.38. The Labute approximate surface area is 123 Å². The van der Waals surface area contributed by atoms with Crippen molar-refractivity contribution in [1.82, 2.24) is 0 Å². The molecule has 0 spiro atoms. The molecule has 1 atom stereocenters. The van der Waals surface area contributed by atoms with Crippen molar-refractivity contribution in [3.05, 3.63) is 65.3 Å². The van der Waals surface area contributed by atoms with E-state index in [1.165, 1.54) is 19.1 Å². The van der Waals surface area contributed by atoms with E-state index >= 15 is 0 Å². The van der Waals surface area contributed by atoms with Crippen LogP contribution in [0, 0.1) is 5.92 Å². The lowest BCUT2D eigenvalue weighted by Crippen LogP contribution is -2.09. The molecule has 0 aliphatic rings. The molecule has 4 heteroatoms. The summed E-state index contributed by atoms with van der Waals surface area (Å²) in [4.78, 5) is 22.0. The Balaban J connectivity index is 2.94. The highest BCUT2D eigenvalue weighted by molar-refractivity contribution is 5.89. The molecule has 0 fully saturated rings. The average Bonchev–Trinajstić information content (AvgIpc) is 2.43. The Kier molecular flexibility index (Phi) is 6.14. The molecule has 4 nitrogen and oxygen atoms in total. The Hall–Kier alpha value is -2.62. The summed E-state index contributed by atoms with van der Waals surface area (Å²) in [6.45, 7) is 3.10.